The molecule has 0 bridgehead atoms. The second-order valence-electron chi connectivity index (χ2n) is 3.44. The topological polar surface area (TPSA) is 29.0 Å². The van der Waals surface area contributed by atoms with E-state index in [1.54, 1.807) is 6.20 Å². The maximum Gasteiger partial charge on any atom is 0.224 e. The molecule has 0 radical (unpaired) electrons. The zero-order valence-corrected chi connectivity index (χ0v) is 12.7. The van der Waals surface area contributed by atoms with Crippen molar-refractivity contribution in [3.63, 3.8) is 0 Å². The van der Waals surface area contributed by atoms with Crippen LogP contribution in [0.5, 0.6) is 0 Å². The van der Waals surface area contributed by atoms with Gasteiger partial charge in [0.1, 0.15) is 5.82 Å². The minimum Gasteiger partial charge on any atom is -0.355 e. The van der Waals surface area contributed by atoms with Crippen LogP contribution in [0.3, 0.4) is 0 Å². The van der Waals surface area contributed by atoms with E-state index in [1.165, 1.54) is 0 Å². The molecule has 1 heterocycles. The van der Waals surface area contributed by atoms with Crippen molar-refractivity contribution in [3.8, 4) is 0 Å². The summed E-state index contributed by atoms with van der Waals surface area (Å²) in [6.07, 6.45) is 4.87. The number of aromatic nitrogens is 2. The summed E-state index contributed by atoms with van der Waals surface area (Å²) in [6, 6.07) is 0.456. The van der Waals surface area contributed by atoms with Crippen molar-refractivity contribution in [2.75, 3.05) is 24.0 Å². The Morgan fingerprint density at radius 1 is 1.62 bits per heavy atom. The summed E-state index contributed by atoms with van der Waals surface area (Å²) >= 11 is 11.1. The van der Waals surface area contributed by atoms with E-state index in [2.05, 4.69) is 44.0 Å². The highest BCUT2D eigenvalue weighted by Gasteiger charge is 2.17. The van der Waals surface area contributed by atoms with Gasteiger partial charge in [0, 0.05) is 25.0 Å². The van der Waals surface area contributed by atoms with Crippen LogP contribution < -0.4 is 4.90 Å². The highest BCUT2D eigenvalue weighted by molar-refractivity contribution is 9.10. The summed E-state index contributed by atoms with van der Waals surface area (Å²) < 4.78 is 0.874. The minimum absolute atomic E-state index is 0.282. The Balaban J connectivity index is 2.93. The summed E-state index contributed by atoms with van der Waals surface area (Å²) in [5.74, 6) is 1.92. The molecule has 1 aromatic rings. The van der Waals surface area contributed by atoms with Crippen molar-refractivity contribution in [1.82, 2.24) is 9.97 Å². The smallest absolute Gasteiger partial charge is 0.224 e. The average molecular weight is 325 g/mol. The van der Waals surface area contributed by atoms with Crippen LogP contribution in [0.15, 0.2) is 10.7 Å². The third kappa shape index (κ3) is 3.50. The van der Waals surface area contributed by atoms with E-state index in [0.29, 0.717) is 6.04 Å². The van der Waals surface area contributed by atoms with Gasteiger partial charge in [-0.15, -0.1) is 0 Å². The number of hydrogen-bond donors (Lipinski definition) is 0. The van der Waals surface area contributed by atoms with Crippen LogP contribution in [0.25, 0.3) is 0 Å². The van der Waals surface area contributed by atoms with Crippen LogP contribution in [0.2, 0.25) is 5.28 Å². The van der Waals surface area contributed by atoms with E-state index in [4.69, 9.17) is 11.6 Å². The Kier molecular flexibility index (Phi) is 5.86. The van der Waals surface area contributed by atoms with Crippen LogP contribution in [-0.2, 0) is 0 Å². The minimum atomic E-state index is 0.282. The van der Waals surface area contributed by atoms with Crippen molar-refractivity contribution in [2.24, 2.45) is 0 Å². The molecule has 0 N–H and O–H groups in total. The second-order valence-corrected chi connectivity index (χ2v) is 5.54. The molecule has 0 fully saturated rings. The molecule has 0 saturated heterocycles. The zero-order valence-electron chi connectivity index (χ0n) is 9.57. The Bertz CT molecular complexity index is 351. The first-order chi connectivity index (χ1) is 7.60. The monoisotopic (exact) mass is 323 g/mol. The van der Waals surface area contributed by atoms with E-state index >= 15 is 0 Å². The van der Waals surface area contributed by atoms with Crippen LogP contribution in [0, 0.1) is 0 Å². The molecule has 0 amide bonds. The van der Waals surface area contributed by atoms with E-state index < -0.39 is 0 Å². The van der Waals surface area contributed by atoms with E-state index in [9.17, 15) is 0 Å². The van der Waals surface area contributed by atoms with E-state index in [0.717, 1.165) is 22.5 Å². The predicted molar refractivity (Wildman–Crippen MR) is 75.6 cm³/mol. The molecule has 1 atom stereocenters. The number of rotatable bonds is 5. The lowest BCUT2D eigenvalue weighted by atomic mass is 10.2. The lowest BCUT2D eigenvalue weighted by Crippen LogP contribution is -2.34. The lowest BCUT2D eigenvalue weighted by molar-refractivity contribution is 0.664. The normalized spacial score (nSPS) is 12.6. The highest BCUT2D eigenvalue weighted by atomic mass is 79.9. The molecule has 0 aliphatic rings. The van der Waals surface area contributed by atoms with Crippen molar-refractivity contribution < 1.29 is 0 Å². The molecule has 0 saturated carbocycles. The lowest BCUT2D eigenvalue weighted by Gasteiger charge is -2.28. The number of thioether (sulfide) groups is 1. The van der Waals surface area contributed by atoms with Gasteiger partial charge in [0.15, 0.2) is 0 Å². The van der Waals surface area contributed by atoms with Gasteiger partial charge in [-0.3, -0.25) is 0 Å². The van der Waals surface area contributed by atoms with Gasteiger partial charge in [-0.1, -0.05) is 6.92 Å². The summed E-state index contributed by atoms with van der Waals surface area (Å²) in [6.45, 7) is 2.17. The van der Waals surface area contributed by atoms with Crippen LogP contribution in [0.1, 0.15) is 13.3 Å². The first kappa shape index (κ1) is 14.1. The molecule has 0 aliphatic carbocycles. The second kappa shape index (κ2) is 6.67. The molecular formula is C10H15BrClN3S. The molecule has 90 valence electrons. The van der Waals surface area contributed by atoms with Gasteiger partial charge in [-0.25, -0.2) is 4.98 Å². The molecule has 6 heteroatoms. The fourth-order valence-electron chi connectivity index (χ4n) is 1.45. The molecule has 1 unspecified atom stereocenters. The van der Waals surface area contributed by atoms with Gasteiger partial charge in [-0.2, -0.15) is 16.7 Å². The van der Waals surface area contributed by atoms with Crippen LogP contribution >= 0.6 is 39.3 Å². The van der Waals surface area contributed by atoms with Gasteiger partial charge in [0.2, 0.25) is 5.28 Å². The highest BCUT2D eigenvalue weighted by Crippen LogP contribution is 2.26. The van der Waals surface area contributed by atoms with Crippen molar-refractivity contribution in [1.29, 1.82) is 0 Å². The third-order valence-electron chi connectivity index (χ3n) is 2.41. The number of halogens is 2. The summed E-state index contributed by atoms with van der Waals surface area (Å²) in [4.78, 5) is 10.3. The van der Waals surface area contributed by atoms with Gasteiger partial charge in [0.25, 0.3) is 0 Å². The molecule has 0 aromatic carbocycles. The quantitative estimate of drug-likeness (QED) is 0.776. The summed E-state index contributed by atoms with van der Waals surface area (Å²) in [7, 11) is 2.04. The molecule has 16 heavy (non-hydrogen) atoms. The number of hydrogen-bond acceptors (Lipinski definition) is 4. The average Bonchev–Trinajstić information content (AvgIpc) is 2.28. The van der Waals surface area contributed by atoms with Crippen molar-refractivity contribution >= 4 is 45.1 Å². The van der Waals surface area contributed by atoms with Crippen LogP contribution in [-0.4, -0.2) is 35.1 Å². The van der Waals surface area contributed by atoms with Gasteiger partial charge in [0.05, 0.1) is 4.47 Å². The third-order valence-corrected chi connectivity index (χ3v) is 3.87. The Morgan fingerprint density at radius 2 is 2.31 bits per heavy atom. The maximum absolute atomic E-state index is 5.81. The fourth-order valence-corrected chi connectivity index (χ4v) is 2.90. The van der Waals surface area contributed by atoms with E-state index in [1.807, 2.05) is 18.8 Å². The first-order valence-electron chi connectivity index (χ1n) is 5.00. The first-order valence-corrected chi connectivity index (χ1v) is 7.56. The van der Waals surface area contributed by atoms with Crippen LogP contribution in [0.4, 0.5) is 5.82 Å². The zero-order chi connectivity index (χ0) is 12.1. The molecule has 0 spiro atoms. The maximum atomic E-state index is 5.81. The Labute approximate surface area is 114 Å². The largest absolute Gasteiger partial charge is 0.355 e. The SMILES string of the molecule is CCC(CSC)N(C)c1nc(Cl)ncc1Br. The standard InChI is InChI=1S/C10H15BrClN3S/c1-4-7(6-16-3)15(2)9-8(11)5-13-10(12)14-9/h5,7H,4,6H2,1-3H3. The number of nitrogens with zero attached hydrogens (tertiary/aromatic N) is 3. The predicted octanol–water partition coefficient (Wildman–Crippen LogP) is 3.47. The van der Waals surface area contributed by atoms with Crippen molar-refractivity contribution in [3.05, 3.63) is 16.0 Å². The molecular weight excluding hydrogens is 310 g/mol. The molecule has 3 nitrogen and oxygen atoms in total. The van der Waals surface area contributed by atoms with E-state index in [-0.39, 0.29) is 5.28 Å². The number of anilines is 1. The molecule has 1 aromatic heterocycles. The molecule has 0 aliphatic heterocycles. The van der Waals surface area contributed by atoms with Gasteiger partial charge < -0.3 is 4.90 Å². The fraction of sp³-hybridized carbons (Fsp3) is 0.600. The van der Waals surface area contributed by atoms with Crippen molar-refractivity contribution in [2.45, 2.75) is 19.4 Å². The van der Waals surface area contributed by atoms with Gasteiger partial charge in [-0.05, 0) is 40.2 Å². The summed E-state index contributed by atoms with van der Waals surface area (Å²) in [5, 5.41) is 0.282. The summed E-state index contributed by atoms with van der Waals surface area (Å²) in [5.41, 5.74) is 0. The molecule has 1 rings (SSSR count). The Hall–Kier alpha value is -0.000000000000000111. The van der Waals surface area contributed by atoms with Gasteiger partial charge >= 0.3 is 0 Å². The Morgan fingerprint density at radius 3 is 2.88 bits per heavy atom.